The van der Waals surface area contributed by atoms with Gasteiger partial charge in [-0.05, 0) is 30.0 Å². The topological polar surface area (TPSA) is 74.3 Å². The summed E-state index contributed by atoms with van der Waals surface area (Å²) in [5.41, 5.74) is 0.928. The number of ketones is 1. The summed E-state index contributed by atoms with van der Waals surface area (Å²) in [5.74, 6) is 6.46. The van der Waals surface area contributed by atoms with Gasteiger partial charge in [0.05, 0.1) is 4.90 Å². The second-order valence-electron chi connectivity index (χ2n) is 4.94. The van der Waals surface area contributed by atoms with E-state index >= 15 is 0 Å². The Morgan fingerprint density at radius 1 is 1.23 bits per heavy atom. The highest BCUT2D eigenvalue weighted by Crippen LogP contribution is 2.13. The Morgan fingerprint density at radius 3 is 2.23 bits per heavy atom. The van der Waals surface area contributed by atoms with Crippen molar-refractivity contribution >= 4 is 38.6 Å². The molecule has 1 aromatic carbocycles. The quantitative estimate of drug-likeness (QED) is 0.606. The molecule has 0 atom stereocenters. The van der Waals surface area contributed by atoms with Crippen LogP contribution in [0.1, 0.15) is 18.9 Å². The van der Waals surface area contributed by atoms with Crippen LogP contribution in [0.3, 0.4) is 0 Å². The highest BCUT2D eigenvalue weighted by molar-refractivity contribution is 8.05. The Labute approximate surface area is 140 Å². The molecule has 1 heterocycles. The number of rotatable bonds is 4. The van der Waals surface area contributed by atoms with Crippen LogP contribution in [0, 0.1) is 6.92 Å². The molecule has 0 aromatic heterocycles. The van der Waals surface area contributed by atoms with E-state index in [0.29, 0.717) is 16.7 Å². The van der Waals surface area contributed by atoms with Crippen molar-refractivity contribution in [2.45, 2.75) is 25.2 Å². The third-order valence-corrected chi connectivity index (χ3v) is 7.75. The Bertz CT molecular complexity index is 561. The number of thioether (sulfide) groups is 1. The maximum atomic E-state index is 11.1. The van der Waals surface area contributed by atoms with E-state index in [-0.39, 0.29) is 4.90 Å². The Balaban J connectivity index is 0.000000220. The molecule has 0 spiro atoms. The van der Waals surface area contributed by atoms with E-state index in [2.05, 4.69) is 0 Å². The fraction of sp³-hybridized carbons (Fsp3) is 0.533. The van der Waals surface area contributed by atoms with Crippen LogP contribution in [-0.4, -0.2) is 47.5 Å². The van der Waals surface area contributed by atoms with Gasteiger partial charge in [0.2, 0.25) is 0 Å². The van der Waals surface area contributed by atoms with Crippen molar-refractivity contribution in [3.63, 3.8) is 0 Å². The molecule has 7 heteroatoms. The summed E-state index contributed by atoms with van der Waals surface area (Å²) in [6.07, 6.45) is 0.733. The smallest absolute Gasteiger partial charge is 0.181 e. The summed E-state index contributed by atoms with van der Waals surface area (Å²) >= 11 is 2.03. The molecule has 0 radical (unpaired) electrons. The Hall–Kier alpha value is -0.500. The SMILES string of the molecule is CCC(=O)C[S+]1CCSCC1.Cc1ccc(S(=O)(=O)[O-])cc1. The first-order chi connectivity index (χ1) is 10.3. The molecular weight excluding hydrogens is 340 g/mol. The van der Waals surface area contributed by atoms with Crippen molar-refractivity contribution in [2.24, 2.45) is 0 Å². The molecule has 2 rings (SSSR count). The number of hydrogen-bond acceptors (Lipinski definition) is 5. The molecule has 0 amide bonds. The summed E-state index contributed by atoms with van der Waals surface area (Å²) < 4.78 is 31.2. The van der Waals surface area contributed by atoms with Gasteiger partial charge in [-0.15, -0.1) is 0 Å². The molecule has 1 aliphatic heterocycles. The van der Waals surface area contributed by atoms with E-state index in [1.54, 1.807) is 12.1 Å². The molecule has 1 aliphatic rings. The minimum Gasteiger partial charge on any atom is -0.744 e. The van der Waals surface area contributed by atoms with Gasteiger partial charge < -0.3 is 4.55 Å². The minimum atomic E-state index is -4.27. The van der Waals surface area contributed by atoms with Crippen LogP contribution in [0.25, 0.3) is 0 Å². The average molecular weight is 363 g/mol. The molecule has 0 unspecified atom stereocenters. The number of hydrogen-bond donors (Lipinski definition) is 0. The number of carbonyl (C=O) groups is 1. The average Bonchev–Trinajstić information content (AvgIpc) is 2.48. The fourth-order valence-electron chi connectivity index (χ4n) is 1.74. The predicted molar refractivity (Wildman–Crippen MR) is 93.7 cm³/mol. The predicted octanol–water partition coefficient (Wildman–Crippen LogP) is 2.23. The lowest BCUT2D eigenvalue weighted by Gasteiger charge is -2.12. The van der Waals surface area contributed by atoms with Crippen molar-refractivity contribution in [2.75, 3.05) is 28.8 Å². The van der Waals surface area contributed by atoms with E-state index in [0.717, 1.165) is 17.7 Å². The van der Waals surface area contributed by atoms with Gasteiger partial charge in [-0.1, -0.05) is 24.6 Å². The second-order valence-corrected chi connectivity index (χ2v) is 9.87. The van der Waals surface area contributed by atoms with E-state index in [4.69, 9.17) is 0 Å². The Kier molecular flexibility index (Phi) is 8.53. The molecule has 1 saturated heterocycles. The zero-order chi connectivity index (χ0) is 16.6. The zero-order valence-corrected chi connectivity index (χ0v) is 15.4. The lowest BCUT2D eigenvalue weighted by Crippen LogP contribution is -2.27. The minimum absolute atomic E-state index is 0.178. The van der Waals surface area contributed by atoms with Crippen molar-refractivity contribution in [1.82, 2.24) is 0 Å². The normalized spacial score (nSPS) is 15.8. The van der Waals surface area contributed by atoms with Crippen LogP contribution in [-0.2, 0) is 25.8 Å². The molecule has 124 valence electrons. The molecule has 1 fully saturated rings. The molecule has 22 heavy (non-hydrogen) atoms. The van der Waals surface area contributed by atoms with Gasteiger partial charge in [0.15, 0.2) is 11.5 Å². The van der Waals surface area contributed by atoms with Gasteiger partial charge in [-0.3, -0.25) is 4.79 Å². The van der Waals surface area contributed by atoms with Crippen LogP contribution < -0.4 is 0 Å². The number of carbonyl (C=O) groups excluding carboxylic acids is 1. The maximum absolute atomic E-state index is 11.1. The van der Waals surface area contributed by atoms with Crippen molar-refractivity contribution in [3.05, 3.63) is 29.8 Å². The zero-order valence-electron chi connectivity index (χ0n) is 12.9. The first-order valence-electron chi connectivity index (χ1n) is 7.09. The summed E-state index contributed by atoms with van der Waals surface area (Å²) in [7, 11) is -3.81. The summed E-state index contributed by atoms with van der Waals surface area (Å²) in [6, 6.07) is 5.78. The lowest BCUT2D eigenvalue weighted by atomic mass is 10.2. The fourth-order valence-corrected chi connectivity index (χ4v) is 6.39. The van der Waals surface area contributed by atoms with Crippen LogP contribution in [0.5, 0.6) is 0 Å². The number of Topliss-reactive ketones (excluding diaryl/α,β-unsaturated/α-hetero) is 1. The van der Waals surface area contributed by atoms with Crippen LogP contribution in [0.2, 0.25) is 0 Å². The second kappa shape index (κ2) is 9.60. The monoisotopic (exact) mass is 362 g/mol. The molecule has 1 aromatic rings. The van der Waals surface area contributed by atoms with Gasteiger partial charge in [0.25, 0.3) is 0 Å². The third-order valence-electron chi connectivity index (χ3n) is 3.10. The third kappa shape index (κ3) is 7.67. The van der Waals surface area contributed by atoms with Gasteiger partial charge >= 0.3 is 0 Å². The van der Waals surface area contributed by atoms with Gasteiger partial charge in [0.1, 0.15) is 21.6 Å². The van der Waals surface area contributed by atoms with E-state index in [1.807, 2.05) is 25.6 Å². The number of aryl methyl sites for hydroxylation is 1. The molecule has 0 N–H and O–H groups in total. The van der Waals surface area contributed by atoms with Gasteiger partial charge in [-0.2, -0.15) is 11.8 Å². The standard InChI is InChI=1S/C8H15OS2.C7H8O3S/c1-2-8(9)7-11-5-3-10-4-6-11;1-6-2-4-7(5-3-6)11(8,9)10/h2-7H2,1H3;2-5H,1H3,(H,8,9,10)/q+1;/p-1. The molecule has 0 aliphatic carbocycles. The summed E-state index contributed by atoms with van der Waals surface area (Å²) in [6.45, 7) is 3.78. The molecule has 0 bridgehead atoms. The highest BCUT2D eigenvalue weighted by Gasteiger charge is 2.24. The Morgan fingerprint density at radius 2 is 1.77 bits per heavy atom. The van der Waals surface area contributed by atoms with Crippen molar-refractivity contribution in [1.29, 1.82) is 0 Å². The van der Waals surface area contributed by atoms with Gasteiger partial charge in [0, 0.05) is 17.9 Å². The van der Waals surface area contributed by atoms with Crippen molar-refractivity contribution in [3.8, 4) is 0 Å². The van der Waals surface area contributed by atoms with E-state index in [1.165, 1.54) is 35.1 Å². The molecule has 4 nitrogen and oxygen atoms in total. The van der Waals surface area contributed by atoms with Crippen LogP contribution in [0.4, 0.5) is 0 Å². The van der Waals surface area contributed by atoms with E-state index in [9.17, 15) is 17.8 Å². The van der Waals surface area contributed by atoms with Crippen LogP contribution in [0.15, 0.2) is 29.2 Å². The van der Waals surface area contributed by atoms with Crippen molar-refractivity contribution < 1.29 is 17.8 Å². The summed E-state index contributed by atoms with van der Waals surface area (Å²) in [4.78, 5) is 10.9. The highest BCUT2D eigenvalue weighted by atomic mass is 32.2. The molecule has 0 saturated carbocycles. The van der Waals surface area contributed by atoms with Crippen LogP contribution >= 0.6 is 11.8 Å². The number of benzene rings is 1. The maximum Gasteiger partial charge on any atom is 0.181 e. The first-order valence-corrected chi connectivity index (χ1v) is 11.4. The lowest BCUT2D eigenvalue weighted by molar-refractivity contribution is -0.116. The van der Waals surface area contributed by atoms with Gasteiger partial charge in [-0.25, -0.2) is 8.42 Å². The molecular formula is C15H22O4S3. The summed E-state index contributed by atoms with van der Waals surface area (Å²) in [5, 5.41) is 0. The largest absolute Gasteiger partial charge is 0.744 e. The first kappa shape index (κ1) is 19.5. The van der Waals surface area contributed by atoms with E-state index < -0.39 is 10.1 Å².